The molecular formula is C16H22Cl3V. The first-order valence-electron chi connectivity index (χ1n) is 6.39. The molecule has 0 bridgehead atoms. The molecule has 0 N–H and O–H groups in total. The van der Waals surface area contributed by atoms with E-state index in [9.17, 15) is 0 Å². The Kier molecular flexibility index (Phi) is 11.2. The van der Waals surface area contributed by atoms with Gasteiger partial charge < -0.3 is 0 Å². The van der Waals surface area contributed by atoms with E-state index >= 15 is 0 Å². The van der Waals surface area contributed by atoms with E-state index in [1.807, 2.05) is 0 Å². The van der Waals surface area contributed by atoms with Gasteiger partial charge in [-0.1, -0.05) is 0 Å². The molecule has 0 amide bonds. The Morgan fingerprint density at radius 3 is 1.95 bits per heavy atom. The van der Waals surface area contributed by atoms with Gasteiger partial charge in [0.05, 0.1) is 0 Å². The molecule has 0 aliphatic heterocycles. The molecule has 4 heteroatoms. The van der Waals surface area contributed by atoms with Crippen LogP contribution in [0.2, 0.25) is 0 Å². The molecule has 0 atom stereocenters. The maximum Gasteiger partial charge on any atom is -0.147 e. The van der Waals surface area contributed by atoms with Gasteiger partial charge in [-0.3, -0.25) is 0 Å². The summed E-state index contributed by atoms with van der Waals surface area (Å²) in [4.78, 5) is 0. The van der Waals surface area contributed by atoms with Crippen LogP contribution in [0.5, 0.6) is 0 Å². The van der Waals surface area contributed by atoms with Gasteiger partial charge in [0.25, 0.3) is 0 Å². The summed E-state index contributed by atoms with van der Waals surface area (Å²) in [5.74, 6) is 0. The standard InChI is InChI=1S/C16H19.3ClH.V/c1-3-16(4-2,15-12-8-9-13-15)14-10-6-5-7-11-14;;;;/h5-8,10-12H,3-4,9H2,1-2H3;3*1H;. The normalized spacial score (nSPS) is 13.3. The topological polar surface area (TPSA) is 0 Å². The van der Waals surface area contributed by atoms with E-state index < -0.39 is 0 Å². The van der Waals surface area contributed by atoms with Gasteiger partial charge in [0, 0.05) is 0 Å². The Bertz CT molecular complexity index is 448. The molecule has 1 aromatic rings. The van der Waals surface area contributed by atoms with Crippen molar-refractivity contribution >= 4 is 37.2 Å². The third-order valence-corrected chi connectivity index (χ3v) is 4.62. The summed E-state index contributed by atoms with van der Waals surface area (Å²) >= 11 is 2.76. The third-order valence-electron chi connectivity index (χ3n) is 3.96. The van der Waals surface area contributed by atoms with Crippen molar-refractivity contribution < 1.29 is 17.4 Å². The van der Waals surface area contributed by atoms with Gasteiger partial charge in [-0.15, -0.1) is 37.2 Å². The van der Waals surface area contributed by atoms with Gasteiger partial charge in [-0.2, -0.15) is 0 Å². The number of benzene rings is 1. The molecule has 1 aliphatic rings. The minimum atomic E-state index is 0. The maximum atomic E-state index is 2.76. The maximum absolute atomic E-state index is 2.76. The van der Waals surface area contributed by atoms with Gasteiger partial charge in [0.1, 0.15) is 0 Å². The molecule has 1 aromatic carbocycles. The molecule has 0 heterocycles. The largest absolute Gasteiger partial charge is 0.147 e. The van der Waals surface area contributed by atoms with Crippen molar-refractivity contribution in [1.29, 1.82) is 0 Å². The van der Waals surface area contributed by atoms with Crippen LogP contribution in [0.15, 0.2) is 52.3 Å². The minimum absolute atomic E-state index is 0. The first-order valence-corrected chi connectivity index (χ1v) is 7.09. The predicted molar refractivity (Wildman–Crippen MR) is 91.2 cm³/mol. The van der Waals surface area contributed by atoms with Gasteiger partial charge in [-0.05, 0) is 0 Å². The fourth-order valence-corrected chi connectivity index (χ4v) is 3.50. The van der Waals surface area contributed by atoms with Crippen molar-refractivity contribution in [2.24, 2.45) is 0 Å². The SMILES string of the molecule is CCC(CC)(C1=[C]([V])CC=C1)c1ccccc1.Cl.Cl.Cl. The van der Waals surface area contributed by atoms with E-state index in [-0.39, 0.29) is 42.6 Å². The first kappa shape index (κ1) is 22.4. The molecule has 20 heavy (non-hydrogen) atoms. The summed E-state index contributed by atoms with van der Waals surface area (Å²) in [6, 6.07) is 10.9. The van der Waals surface area contributed by atoms with Gasteiger partial charge in [-0.25, -0.2) is 0 Å². The Morgan fingerprint density at radius 1 is 1.00 bits per heavy atom. The zero-order chi connectivity index (χ0) is 12.3. The molecular weight excluding hydrogens is 349 g/mol. The van der Waals surface area contributed by atoms with Crippen LogP contribution in [-0.4, -0.2) is 0 Å². The van der Waals surface area contributed by atoms with Gasteiger partial charge >= 0.3 is 114 Å². The van der Waals surface area contributed by atoms with Crippen molar-refractivity contribution in [3.63, 3.8) is 0 Å². The second-order valence-electron chi connectivity index (χ2n) is 4.62. The smallest absolute Gasteiger partial charge is 0.147 e. The molecule has 0 radical (unpaired) electrons. The van der Waals surface area contributed by atoms with Crippen LogP contribution < -0.4 is 0 Å². The molecule has 0 aromatic heterocycles. The molecule has 0 spiro atoms. The summed E-state index contributed by atoms with van der Waals surface area (Å²) in [6.07, 6.45) is 8.03. The Labute approximate surface area is 150 Å². The van der Waals surface area contributed by atoms with Crippen molar-refractivity contribution in [2.75, 3.05) is 0 Å². The van der Waals surface area contributed by atoms with Crippen LogP contribution in [0, 0.1) is 0 Å². The Morgan fingerprint density at radius 2 is 1.55 bits per heavy atom. The van der Waals surface area contributed by atoms with Crippen LogP contribution in [0.3, 0.4) is 0 Å². The molecule has 0 nitrogen and oxygen atoms in total. The minimum Gasteiger partial charge on any atom is -0.147 e. The van der Waals surface area contributed by atoms with E-state index in [4.69, 9.17) is 0 Å². The number of hydrogen-bond acceptors (Lipinski definition) is 0. The third kappa shape index (κ3) is 4.09. The summed E-state index contributed by atoms with van der Waals surface area (Å²) in [6.45, 7) is 4.60. The monoisotopic (exact) mass is 370 g/mol. The zero-order valence-corrected chi connectivity index (χ0v) is 15.7. The van der Waals surface area contributed by atoms with Crippen molar-refractivity contribution in [2.45, 2.75) is 38.5 Å². The van der Waals surface area contributed by atoms with Crippen LogP contribution in [0.1, 0.15) is 38.7 Å². The van der Waals surface area contributed by atoms with E-state index in [1.54, 1.807) is 0 Å². The molecule has 0 saturated carbocycles. The average molecular weight is 372 g/mol. The number of rotatable bonds is 4. The Hall–Kier alpha value is 0.154. The summed E-state index contributed by atoms with van der Waals surface area (Å²) < 4.78 is 1.48. The number of allylic oxidation sites excluding steroid dienone is 4. The molecule has 112 valence electrons. The molecule has 0 saturated heterocycles. The number of halogens is 3. The van der Waals surface area contributed by atoms with Crippen LogP contribution >= 0.6 is 37.2 Å². The predicted octanol–water partition coefficient (Wildman–Crippen LogP) is 5.77. The molecule has 2 rings (SSSR count). The number of hydrogen-bond donors (Lipinski definition) is 0. The van der Waals surface area contributed by atoms with Crippen molar-refractivity contribution in [3.05, 3.63) is 57.9 Å². The fraction of sp³-hybridized carbons (Fsp3) is 0.375. The summed E-state index contributed by atoms with van der Waals surface area (Å²) in [5, 5.41) is 0. The average Bonchev–Trinajstić information content (AvgIpc) is 2.80. The second kappa shape index (κ2) is 9.98. The van der Waals surface area contributed by atoms with E-state index in [0.717, 1.165) is 19.3 Å². The van der Waals surface area contributed by atoms with Gasteiger partial charge in [0.15, 0.2) is 0 Å². The first-order chi connectivity index (χ1) is 8.24. The van der Waals surface area contributed by atoms with Crippen LogP contribution in [-0.2, 0) is 22.8 Å². The second-order valence-corrected chi connectivity index (χ2v) is 5.47. The molecule has 1 aliphatic carbocycles. The summed E-state index contributed by atoms with van der Waals surface area (Å²) in [7, 11) is 0. The Balaban J connectivity index is 0. The fourth-order valence-electron chi connectivity index (χ4n) is 2.88. The molecule has 0 fully saturated rings. The van der Waals surface area contributed by atoms with Crippen LogP contribution in [0.4, 0.5) is 0 Å². The van der Waals surface area contributed by atoms with E-state index in [1.165, 1.54) is 15.4 Å². The quantitative estimate of drug-likeness (QED) is 0.630. The zero-order valence-electron chi connectivity index (χ0n) is 11.8. The van der Waals surface area contributed by atoms with Gasteiger partial charge in [0.2, 0.25) is 0 Å². The van der Waals surface area contributed by atoms with Crippen molar-refractivity contribution in [3.8, 4) is 0 Å². The van der Waals surface area contributed by atoms with Crippen LogP contribution in [0.25, 0.3) is 0 Å². The van der Waals surface area contributed by atoms with E-state index in [0.29, 0.717) is 0 Å². The molecule has 0 unspecified atom stereocenters. The van der Waals surface area contributed by atoms with Crippen molar-refractivity contribution in [1.82, 2.24) is 0 Å². The van der Waals surface area contributed by atoms with E-state index in [2.05, 4.69) is 73.8 Å². The summed E-state index contributed by atoms with van der Waals surface area (Å²) in [5.41, 5.74) is 3.18.